The molecule has 0 aliphatic carbocycles. The van der Waals surface area contributed by atoms with Gasteiger partial charge in [0, 0.05) is 6.42 Å². The maximum Gasteiger partial charge on any atom is 0.218 e. The number of hydrogen-bond acceptors (Lipinski definition) is 6. The Bertz CT molecular complexity index is 573. The number of Topliss-reactive ketones (excluding diaryl/α,β-unsaturated/α-hetero) is 1. The molecule has 3 atom stereocenters. The highest BCUT2D eigenvalue weighted by atomic mass is 32.1. The topological polar surface area (TPSA) is 71.2 Å². The second-order valence-corrected chi connectivity index (χ2v) is 6.23. The molecular formula is C11H16N4O3S. The zero-order valence-electron chi connectivity index (χ0n) is 11.1. The van der Waals surface area contributed by atoms with E-state index in [-0.39, 0.29) is 23.5 Å². The molecule has 8 heteroatoms. The lowest BCUT2D eigenvalue weighted by molar-refractivity contribution is -0.156. The van der Waals surface area contributed by atoms with E-state index in [0.29, 0.717) is 17.8 Å². The Morgan fingerprint density at radius 1 is 1.37 bits per heavy atom. The Labute approximate surface area is 115 Å². The molecule has 1 aromatic heterocycles. The molecular weight excluding hydrogens is 268 g/mol. The molecule has 0 aromatic carbocycles. The van der Waals surface area contributed by atoms with E-state index < -0.39 is 6.29 Å². The van der Waals surface area contributed by atoms with Crippen LogP contribution in [-0.4, -0.2) is 44.6 Å². The number of ketones is 1. The Hall–Kier alpha value is -1.12. The summed E-state index contributed by atoms with van der Waals surface area (Å²) in [5.41, 5.74) is -0.246. The van der Waals surface area contributed by atoms with Crippen molar-refractivity contribution in [1.82, 2.24) is 19.8 Å². The van der Waals surface area contributed by atoms with E-state index in [9.17, 15) is 4.79 Å². The molecule has 2 bridgehead atoms. The molecule has 0 amide bonds. The van der Waals surface area contributed by atoms with Crippen LogP contribution >= 0.6 is 12.2 Å². The first kappa shape index (κ1) is 12.9. The van der Waals surface area contributed by atoms with Crippen molar-refractivity contribution in [2.45, 2.75) is 51.2 Å². The van der Waals surface area contributed by atoms with Crippen LogP contribution in [0.1, 0.15) is 33.2 Å². The van der Waals surface area contributed by atoms with Gasteiger partial charge in [-0.15, -0.1) is 0 Å². The molecule has 19 heavy (non-hydrogen) atoms. The van der Waals surface area contributed by atoms with Gasteiger partial charge in [-0.2, -0.15) is 0 Å². The standard InChI is InChI=1S/C11H16N4O3S/c1-11(2,3)15-10(19)14(12-13-15)6-4-7(16)9-17-5-8(6)18-9/h6,8-9H,4-5H2,1-3H3/t6-,8-,9-/m1/s1. The lowest BCUT2D eigenvalue weighted by Crippen LogP contribution is -2.37. The number of carbonyl (C=O) groups excluding carboxylic acids is 1. The van der Waals surface area contributed by atoms with Gasteiger partial charge in [-0.1, -0.05) is 0 Å². The molecule has 3 rings (SSSR count). The van der Waals surface area contributed by atoms with Gasteiger partial charge in [0.25, 0.3) is 0 Å². The van der Waals surface area contributed by atoms with Crippen molar-refractivity contribution in [3.63, 3.8) is 0 Å². The summed E-state index contributed by atoms with van der Waals surface area (Å²) in [6, 6.07) is -0.227. The third-order valence-electron chi connectivity index (χ3n) is 3.37. The number of ether oxygens (including phenoxy) is 2. The van der Waals surface area contributed by atoms with E-state index in [1.54, 1.807) is 9.36 Å². The largest absolute Gasteiger partial charge is 0.343 e. The lowest BCUT2D eigenvalue weighted by Gasteiger charge is -2.26. The minimum absolute atomic E-state index is 0.0639. The van der Waals surface area contributed by atoms with E-state index in [1.165, 1.54) is 0 Å². The third-order valence-corrected chi connectivity index (χ3v) is 3.73. The van der Waals surface area contributed by atoms with Gasteiger partial charge < -0.3 is 9.47 Å². The van der Waals surface area contributed by atoms with Crippen molar-refractivity contribution in [2.75, 3.05) is 6.61 Å². The fourth-order valence-electron chi connectivity index (χ4n) is 2.35. The van der Waals surface area contributed by atoms with Crippen molar-refractivity contribution in [3.05, 3.63) is 4.77 Å². The molecule has 104 valence electrons. The van der Waals surface area contributed by atoms with Crippen molar-refractivity contribution < 1.29 is 14.3 Å². The monoisotopic (exact) mass is 284 g/mol. The summed E-state index contributed by atoms with van der Waals surface area (Å²) in [6.45, 7) is 6.39. The SMILES string of the molecule is CC(C)(C)n1nnn([C@@H]2CC(=O)[C@@H]3OC[C@H]2O3)c1=S. The summed E-state index contributed by atoms with van der Waals surface area (Å²) in [5.74, 6) is -0.0639. The van der Waals surface area contributed by atoms with Crippen LogP contribution in [-0.2, 0) is 19.8 Å². The number of fused-ring (bicyclic) bond motifs is 2. The Morgan fingerprint density at radius 3 is 2.74 bits per heavy atom. The molecule has 0 unspecified atom stereocenters. The zero-order chi connectivity index (χ0) is 13.8. The van der Waals surface area contributed by atoms with Gasteiger partial charge in [0.05, 0.1) is 18.2 Å². The minimum atomic E-state index is -0.701. The maximum absolute atomic E-state index is 11.8. The van der Waals surface area contributed by atoms with Gasteiger partial charge in [0.2, 0.25) is 11.1 Å². The van der Waals surface area contributed by atoms with Gasteiger partial charge in [0.1, 0.15) is 6.10 Å². The van der Waals surface area contributed by atoms with Crippen LogP contribution in [0, 0.1) is 4.77 Å². The maximum atomic E-state index is 11.8. The van der Waals surface area contributed by atoms with E-state index >= 15 is 0 Å². The van der Waals surface area contributed by atoms with E-state index in [0.717, 1.165) is 0 Å². The highest BCUT2D eigenvalue weighted by molar-refractivity contribution is 7.71. The van der Waals surface area contributed by atoms with Crippen LogP contribution in [0.3, 0.4) is 0 Å². The van der Waals surface area contributed by atoms with Crippen LogP contribution in [0.15, 0.2) is 0 Å². The first-order chi connectivity index (χ1) is 8.88. The van der Waals surface area contributed by atoms with Gasteiger partial charge in [-0.3, -0.25) is 4.79 Å². The Kier molecular flexibility index (Phi) is 2.84. The molecule has 1 aromatic rings. The third kappa shape index (κ3) is 2.03. The first-order valence-electron chi connectivity index (χ1n) is 6.23. The summed E-state index contributed by atoms with van der Waals surface area (Å²) in [5, 5.41) is 8.18. The number of hydrogen-bond donors (Lipinski definition) is 0. The average molecular weight is 284 g/mol. The van der Waals surface area contributed by atoms with E-state index in [2.05, 4.69) is 10.4 Å². The Balaban J connectivity index is 1.97. The number of carbonyl (C=O) groups is 1. The predicted octanol–water partition coefficient (Wildman–Crippen LogP) is 0.819. The fraction of sp³-hybridized carbons (Fsp3) is 0.818. The first-order valence-corrected chi connectivity index (χ1v) is 6.63. The molecule has 7 nitrogen and oxygen atoms in total. The molecule has 0 saturated carbocycles. The number of rotatable bonds is 1. The number of tetrazole rings is 1. The molecule has 3 heterocycles. The van der Waals surface area contributed by atoms with Gasteiger partial charge in [-0.05, 0) is 43.4 Å². The molecule has 0 N–H and O–H groups in total. The smallest absolute Gasteiger partial charge is 0.218 e. The highest BCUT2D eigenvalue weighted by Gasteiger charge is 2.45. The number of aromatic nitrogens is 4. The fourth-order valence-corrected chi connectivity index (χ4v) is 2.84. The summed E-state index contributed by atoms with van der Waals surface area (Å²) in [6.07, 6.45) is -0.556. The quantitative estimate of drug-likeness (QED) is 0.711. The van der Waals surface area contributed by atoms with Crippen molar-refractivity contribution in [1.29, 1.82) is 0 Å². The van der Waals surface area contributed by atoms with Crippen LogP contribution < -0.4 is 0 Å². The zero-order valence-corrected chi connectivity index (χ0v) is 11.9. The second-order valence-electron chi connectivity index (χ2n) is 5.87. The van der Waals surface area contributed by atoms with E-state index in [1.807, 2.05) is 20.8 Å². The summed E-state index contributed by atoms with van der Waals surface area (Å²) < 4.78 is 14.6. The lowest BCUT2D eigenvalue weighted by atomic mass is 10.0. The molecule has 2 aliphatic heterocycles. The van der Waals surface area contributed by atoms with E-state index in [4.69, 9.17) is 21.7 Å². The van der Waals surface area contributed by atoms with Crippen LogP contribution in [0.5, 0.6) is 0 Å². The molecule has 0 radical (unpaired) electrons. The Morgan fingerprint density at radius 2 is 2.11 bits per heavy atom. The van der Waals surface area contributed by atoms with Crippen molar-refractivity contribution in [2.24, 2.45) is 0 Å². The van der Waals surface area contributed by atoms with Crippen molar-refractivity contribution >= 4 is 18.0 Å². The summed E-state index contributed by atoms with van der Waals surface area (Å²) >= 11 is 5.40. The second kappa shape index (κ2) is 4.19. The average Bonchev–Trinajstić information content (AvgIpc) is 2.88. The van der Waals surface area contributed by atoms with Gasteiger partial charge in [-0.25, -0.2) is 9.36 Å². The van der Waals surface area contributed by atoms with Crippen molar-refractivity contribution in [3.8, 4) is 0 Å². The number of nitrogens with zero attached hydrogens (tertiary/aromatic N) is 4. The summed E-state index contributed by atoms with van der Waals surface area (Å²) in [4.78, 5) is 11.8. The summed E-state index contributed by atoms with van der Waals surface area (Å²) in [7, 11) is 0. The molecule has 2 aliphatic rings. The highest BCUT2D eigenvalue weighted by Crippen LogP contribution is 2.32. The van der Waals surface area contributed by atoms with Crippen LogP contribution in [0.2, 0.25) is 0 Å². The molecule has 0 spiro atoms. The van der Waals surface area contributed by atoms with Crippen LogP contribution in [0.4, 0.5) is 0 Å². The molecule has 2 fully saturated rings. The van der Waals surface area contributed by atoms with Crippen LogP contribution in [0.25, 0.3) is 0 Å². The molecule has 2 saturated heterocycles. The minimum Gasteiger partial charge on any atom is -0.343 e. The normalized spacial score (nSPS) is 30.9. The predicted molar refractivity (Wildman–Crippen MR) is 67.1 cm³/mol. The van der Waals surface area contributed by atoms with Gasteiger partial charge >= 0.3 is 0 Å². The van der Waals surface area contributed by atoms with Gasteiger partial charge in [0.15, 0.2) is 5.78 Å².